The average Bonchev–Trinajstić information content (AvgIpc) is 2.65. The minimum absolute atomic E-state index is 0.106. The summed E-state index contributed by atoms with van der Waals surface area (Å²) < 4.78 is 30.9. The zero-order chi connectivity index (χ0) is 22.5. The average molecular weight is 473 g/mol. The van der Waals surface area contributed by atoms with Gasteiger partial charge in [0, 0.05) is 10.7 Å². The molecule has 0 aliphatic carbocycles. The Morgan fingerprint density at radius 2 is 1.83 bits per heavy atom. The molecule has 0 radical (unpaired) electrons. The number of esters is 1. The van der Waals surface area contributed by atoms with Crippen LogP contribution in [0.4, 0.5) is 11.4 Å². The van der Waals surface area contributed by atoms with Crippen LogP contribution in [0.5, 0.6) is 0 Å². The van der Waals surface area contributed by atoms with Gasteiger partial charge in [0.1, 0.15) is 6.04 Å². The van der Waals surface area contributed by atoms with Gasteiger partial charge in [-0.2, -0.15) is 0 Å². The predicted molar refractivity (Wildman–Crippen MR) is 119 cm³/mol. The first-order valence-corrected chi connectivity index (χ1v) is 11.7. The third-order valence-electron chi connectivity index (χ3n) is 4.12. The van der Waals surface area contributed by atoms with E-state index in [9.17, 15) is 18.0 Å². The lowest BCUT2D eigenvalue weighted by atomic mass is 10.1. The van der Waals surface area contributed by atoms with Gasteiger partial charge < -0.3 is 10.1 Å². The molecule has 2 aromatic carbocycles. The molecule has 0 heterocycles. The summed E-state index contributed by atoms with van der Waals surface area (Å²) in [4.78, 5) is 24.8. The number of hydrogen-bond donors (Lipinski definition) is 1. The number of rotatable bonds is 8. The lowest BCUT2D eigenvalue weighted by molar-refractivity contribution is -0.117. The summed E-state index contributed by atoms with van der Waals surface area (Å²) in [5.41, 5.74) is 0.763. The minimum atomic E-state index is -3.79. The van der Waals surface area contributed by atoms with Crippen LogP contribution in [0.15, 0.2) is 42.5 Å². The number of hydrogen-bond acceptors (Lipinski definition) is 5. The number of halogens is 2. The van der Waals surface area contributed by atoms with E-state index in [0.29, 0.717) is 10.7 Å². The van der Waals surface area contributed by atoms with Crippen LogP contribution in [0.2, 0.25) is 10.0 Å². The Balaban J connectivity index is 2.32. The number of nitrogens with zero attached hydrogens (tertiary/aromatic N) is 1. The third-order valence-corrected chi connectivity index (χ3v) is 5.85. The number of amides is 1. The van der Waals surface area contributed by atoms with Crippen molar-refractivity contribution in [2.24, 2.45) is 0 Å². The zero-order valence-corrected chi connectivity index (χ0v) is 19.0. The Hall–Kier alpha value is -2.29. The fourth-order valence-corrected chi connectivity index (χ4v) is 4.51. The maximum atomic E-state index is 12.9. The van der Waals surface area contributed by atoms with Crippen molar-refractivity contribution >= 4 is 56.5 Å². The molecule has 1 amide bonds. The quantitative estimate of drug-likeness (QED) is 0.576. The second kappa shape index (κ2) is 10.1. The van der Waals surface area contributed by atoms with E-state index >= 15 is 0 Å². The van der Waals surface area contributed by atoms with Crippen LogP contribution in [0.3, 0.4) is 0 Å². The van der Waals surface area contributed by atoms with E-state index in [1.54, 1.807) is 32.0 Å². The molecule has 2 aromatic rings. The van der Waals surface area contributed by atoms with Crippen molar-refractivity contribution < 1.29 is 22.7 Å². The number of carbonyl (C=O) groups excluding carboxylic acids is 2. The Kier molecular flexibility index (Phi) is 8.11. The van der Waals surface area contributed by atoms with Gasteiger partial charge >= 0.3 is 5.97 Å². The van der Waals surface area contributed by atoms with Crippen LogP contribution >= 0.6 is 23.2 Å². The highest BCUT2D eigenvalue weighted by molar-refractivity contribution is 7.92. The normalized spacial score (nSPS) is 12.2. The van der Waals surface area contributed by atoms with Gasteiger partial charge in [-0.25, -0.2) is 13.2 Å². The van der Waals surface area contributed by atoms with E-state index in [2.05, 4.69) is 5.32 Å². The van der Waals surface area contributed by atoms with Crippen molar-refractivity contribution in [3.8, 4) is 0 Å². The lowest BCUT2D eigenvalue weighted by Crippen LogP contribution is -2.47. The van der Waals surface area contributed by atoms with Gasteiger partial charge in [-0.15, -0.1) is 0 Å². The SMILES string of the molecule is CCOC(=O)c1ccc(NC(=O)[C@H](CC)N(c2cccc(Cl)c2)S(C)(=O)=O)cc1Cl. The number of carbonyl (C=O) groups is 2. The van der Waals surface area contributed by atoms with E-state index in [1.165, 1.54) is 24.3 Å². The summed E-state index contributed by atoms with van der Waals surface area (Å²) in [5, 5.41) is 3.11. The molecule has 1 atom stereocenters. The molecule has 0 aromatic heterocycles. The summed E-state index contributed by atoms with van der Waals surface area (Å²) >= 11 is 12.1. The van der Waals surface area contributed by atoms with Crippen LogP contribution in [0.1, 0.15) is 30.6 Å². The summed E-state index contributed by atoms with van der Waals surface area (Å²) in [5.74, 6) is -1.13. The second-order valence-electron chi connectivity index (χ2n) is 6.37. The second-order valence-corrected chi connectivity index (χ2v) is 9.07. The van der Waals surface area contributed by atoms with E-state index in [0.717, 1.165) is 10.6 Å². The highest BCUT2D eigenvalue weighted by atomic mass is 35.5. The molecular formula is C20H22Cl2N2O5S. The largest absolute Gasteiger partial charge is 0.462 e. The molecule has 0 aliphatic rings. The molecule has 10 heteroatoms. The molecule has 0 fully saturated rings. The van der Waals surface area contributed by atoms with Crippen molar-refractivity contribution in [2.45, 2.75) is 26.3 Å². The summed E-state index contributed by atoms with van der Waals surface area (Å²) in [6.07, 6.45) is 1.23. The fraction of sp³-hybridized carbons (Fsp3) is 0.300. The first-order valence-electron chi connectivity index (χ1n) is 9.11. The highest BCUT2D eigenvalue weighted by Crippen LogP contribution is 2.27. The Bertz CT molecular complexity index is 1040. The molecule has 2 rings (SSSR count). The molecule has 0 unspecified atom stereocenters. The molecular weight excluding hydrogens is 451 g/mol. The lowest BCUT2D eigenvalue weighted by Gasteiger charge is -2.30. The van der Waals surface area contributed by atoms with Crippen molar-refractivity contribution in [1.82, 2.24) is 0 Å². The summed E-state index contributed by atoms with van der Waals surface area (Å²) in [6.45, 7) is 3.58. The Morgan fingerprint density at radius 3 is 2.37 bits per heavy atom. The van der Waals surface area contributed by atoms with Crippen LogP contribution in [-0.2, 0) is 19.6 Å². The number of nitrogens with one attached hydrogen (secondary N) is 1. The molecule has 1 N–H and O–H groups in total. The summed E-state index contributed by atoms with van der Waals surface area (Å²) in [6, 6.07) is 9.56. The van der Waals surface area contributed by atoms with Gasteiger partial charge in [0.15, 0.2) is 0 Å². The van der Waals surface area contributed by atoms with Gasteiger partial charge in [-0.3, -0.25) is 9.10 Å². The van der Waals surface area contributed by atoms with Crippen LogP contribution < -0.4 is 9.62 Å². The van der Waals surface area contributed by atoms with Crippen LogP contribution in [0, 0.1) is 0 Å². The van der Waals surface area contributed by atoms with Crippen molar-refractivity contribution in [1.29, 1.82) is 0 Å². The number of ether oxygens (including phenoxy) is 1. The standard InChI is InChI=1S/C20H22Cl2N2O5S/c1-4-18(24(30(3,27)28)15-8-6-7-13(21)11-15)19(25)23-14-9-10-16(17(22)12-14)20(26)29-5-2/h6-12,18H,4-5H2,1-3H3,(H,23,25)/t18-/m0/s1. The topological polar surface area (TPSA) is 92.8 Å². The van der Waals surface area contributed by atoms with Gasteiger partial charge in [0.2, 0.25) is 15.9 Å². The molecule has 30 heavy (non-hydrogen) atoms. The zero-order valence-electron chi connectivity index (χ0n) is 16.7. The molecule has 162 valence electrons. The van der Waals surface area contributed by atoms with Gasteiger partial charge in [0.05, 0.1) is 29.1 Å². The van der Waals surface area contributed by atoms with Crippen LogP contribution in [-0.4, -0.2) is 39.2 Å². The Labute approximate surface area is 186 Å². The number of benzene rings is 2. The third kappa shape index (κ3) is 5.87. The first kappa shape index (κ1) is 24.0. The molecule has 0 saturated heterocycles. The fourth-order valence-electron chi connectivity index (χ4n) is 2.87. The van der Waals surface area contributed by atoms with Crippen LogP contribution in [0.25, 0.3) is 0 Å². The minimum Gasteiger partial charge on any atom is -0.462 e. The molecule has 0 bridgehead atoms. The van der Waals surface area contributed by atoms with E-state index < -0.39 is 27.9 Å². The van der Waals surface area contributed by atoms with Gasteiger partial charge in [-0.05, 0) is 49.7 Å². The van der Waals surface area contributed by atoms with Gasteiger partial charge in [-0.1, -0.05) is 36.2 Å². The van der Waals surface area contributed by atoms with E-state index in [1.807, 2.05) is 0 Å². The smallest absolute Gasteiger partial charge is 0.339 e. The van der Waals surface area contributed by atoms with Gasteiger partial charge in [0.25, 0.3) is 0 Å². The molecule has 0 aliphatic heterocycles. The summed E-state index contributed by atoms with van der Waals surface area (Å²) in [7, 11) is -3.79. The Morgan fingerprint density at radius 1 is 1.13 bits per heavy atom. The van der Waals surface area contributed by atoms with E-state index in [4.69, 9.17) is 27.9 Å². The monoisotopic (exact) mass is 472 g/mol. The highest BCUT2D eigenvalue weighted by Gasteiger charge is 2.31. The number of anilines is 2. The van der Waals surface area contributed by atoms with Crippen molar-refractivity contribution in [2.75, 3.05) is 22.5 Å². The molecule has 0 saturated carbocycles. The van der Waals surface area contributed by atoms with E-state index in [-0.39, 0.29) is 29.3 Å². The van der Waals surface area contributed by atoms with Crippen molar-refractivity contribution in [3.63, 3.8) is 0 Å². The first-order chi connectivity index (χ1) is 14.1. The maximum Gasteiger partial charge on any atom is 0.339 e. The van der Waals surface area contributed by atoms with Crippen molar-refractivity contribution in [3.05, 3.63) is 58.1 Å². The predicted octanol–water partition coefficient (Wildman–Crippen LogP) is 4.35. The maximum absolute atomic E-state index is 12.9. The number of sulfonamides is 1. The molecule has 7 nitrogen and oxygen atoms in total. The molecule has 0 spiro atoms.